The number of anilines is 1. The SMILES string of the molecule is Cc1cc(F)ccc1-c1nc(N[C@H]2CCCC[C@@H]2O)nc2c1ccc(=O)n2-c1c(F)cccc1F. The fraction of sp³-hybridized carbons (Fsp3) is 0.269. The van der Waals surface area contributed by atoms with Gasteiger partial charge >= 0.3 is 0 Å². The summed E-state index contributed by atoms with van der Waals surface area (Å²) < 4.78 is 44.2. The molecular formula is C26H23F3N4O2. The molecule has 9 heteroatoms. The topological polar surface area (TPSA) is 80.0 Å². The Hall–Kier alpha value is -3.72. The van der Waals surface area contributed by atoms with Gasteiger partial charge in [0, 0.05) is 17.0 Å². The van der Waals surface area contributed by atoms with Crippen LogP contribution >= 0.6 is 0 Å². The fourth-order valence-corrected chi connectivity index (χ4v) is 4.64. The van der Waals surface area contributed by atoms with Crippen molar-refractivity contribution in [3.63, 3.8) is 0 Å². The number of nitrogens with one attached hydrogen (secondary N) is 1. The third-order valence-corrected chi connectivity index (χ3v) is 6.40. The number of benzene rings is 2. The molecule has 2 aromatic heterocycles. The zero-order valence-electron chi connectivity index (χ0n) is 18.9. The maximum Gasteiger partial charge on any atom is 0.256 e. The van der Waals surface area contributed by atoms with E-state index < -0.39 is 34.8 Å². The molecule has 0 spiro atoms. The number of hydrogen-bond acceptors (Lipinski definition) is 5. The molecule has 0 radical (unpaired) electrons. The molecule has 5 rings (SSSR count). The number of aliphatic hydroxyl groups is 1. The van der Waals surface area contributed by atoms with Crippen LogP contribution in [0.2, 0.25) is 0 Å². The minimum Gasteiger partial charge on any atom is -0.391 e. The highest BCUT2D eigenvalue weighted by Gasteiger charge is 2.25. The van der Waals surface area contributed by atoms with E-state index in [4.69, 9.17) is 0 Å². The number of aromatic nitrogens is 3. The quantitative estimate of drug-likeness (QED) is 0.435. The first-order chi connectivity index (χ1) is 16.8. The van der Waals surface area contributed by atoms with Crippen molar-refractivity contribution in [1.29, 1.82) is 0 Å². The van der Waals surface area contributed by atoms with Crippen LogP contribution in [0.25, 0.3) is 28.0 Å². The van der Waals surface area contributed by atoms with E-state index in [1.165, 1.54) is 30.3 Å². The van der Waals surface area contributed by atoms with Crippen molar-refractivity contribution in [1.82, 2.24) is 14.5 Å². The van der Waals surface area contributed by atoms with E-state index in [9.17, 15) is 23.1 Å². The molecule has 0 unspecified atom stereocenters. The van der Waals surface area contributed by atoms with Crippen molar-refractivity contribution in [2.24, 2.45) is 0 Å². The van der Waals surface area contributed by atoms with Gasteiger partial charge in [0.05, 0.1) is 17.8 Å². The number of rotatable bonds is 4. The summed E-state index contributed by atoms with van der Waals surface area (Å²) in [5.74, 6) is -2.17. The molecule has 180 valence electrons. The Morgan fingerprint density at radius 2 is 1.74 bits per heavy atom. The largest absolute Gasteiger partial charge is 0.391 e. The molecule has 1 aliphatic carbocycles. The summed E-state index contributed by atoms with van der Waals surface area (Å²) >= 11 is 0. The number of nitrogens with zero attached hydrogens (tertiary/aromatic N) is 3. The summed E-state index contributed by atoms with van der Waals surface area (Å²) in [6.45, 7) is 1.72. The van der Waals surface area contributed by atoms with E-state index in [1.54, 1.807) is 13.0 Å². The monoisotopic (exact) mass is 480 g/mol. The average Bonchev–Trinajstić information content (AvgIpc) is 2.81. The third kappa shape index (κ3) is 4.27. The van der Waals surface area contributed by atoms with Gasteiger partial charge in [-0.2, -0.15) is 4.98 Å². The molecule has 0 bridgehead atoms. The number of halogens is 3. The Bertz CT molecular complexity index is 1470. The molecule has 0 amide bonds. The van der Waals surface area contributed by atoms with Gasteiger partial charge in [0.15, 0.2) is 5.65 Å². The van der Waals surface area contributed by atoms with Crippen LogP contribution in [-0.2, 0) is 0 Å². The molecule has 4 aromatic rings. The van der Waals surface area contributed by atoms with E-state index in [-0.39, 0.29) is 17.6 Å². The smallest absolute Gasteiger partial charge is 0.256 e. The normalized spacial score (nSPS) is 18.1. The molecule has 6 nitrogen and oxygen atoms in total. The lowest BCUT2D eigenvalue weighted by atomic mass is 9.93. The maximum absolute atomic E-state index is 14.8. The molecule has 35 heavy (non-hydrogen) atoms. The van der Waals surface area contributed by atoms with Crippen LogP contribution in [0.15, 0.2) is 53.3 Å². The summed E-state index contributed by atoms with van der Waals surface area (Å²) in [7, 11) is 0. The van der Waals surface area contributed by atoms with Crippen molar-refractivity contribution in [3.05, 3.63) is 81.9 Å². The van der Waals surface area contributed by atoms with Crippen molar-refractivity contribution in [2.45, 2.75) is 44.8 Å². The summed E-state index contributed by atoms with van der Waals surface area (Å²) in [6.07, 6.45) is 2.53. The van der Waals surface area contributed by atoms with Gasteiger partial charge in [0.2, 0.25) is 5.95 Å². The number of pyridine rings is 1. The van der Waals surface area contributed by atoms with Crippen LogP contribution in [-0.4, -0.2) is 31.8 Å². The van der Waals surface area contributed by atoms with Crippen LogP contribution in [0.5, 0.6) is 0 Å². The molecule has 1 aliphatic rings. The fourth-order valence-electron chi connectivity index (χ4n) is 4.64. The number of fused-ring (bicyclic) bond motifs is 1. The number of para-hydroxylation sites is 1. The van der Waals surface area contributed by atoms with Gasteiger partial charge in [0.1, 0.15) is 23.1 Å². The Kier molecular flexibility index (Phi) is 6.02. The molecule has 2 N–H and O–H groups in total. The van der Waals surface area contributed by atoms with E-state index in [0.29, 0.717) is 35.0 Å². The Labute approximate surface area is 199 Å². The maximum atomic E-state index is 14.8. The number of aliphatic hydroxyl groups excluding tert-OH is 1. The number of aryl methyl sites for hydroxylation is 1. The molecule has 2 aromatic carbocycles. The van der Waals surface area contributed by atoms with Crippen molar-refractivity contribution in [3.8, 4) is 16.9 Å². The standard InChI is InChI=1S/C26H23F3N4O2/c1-14-13-15(27)9-10-16(14)23-17-11-12-22(35)33(24-18(28)5-4-6-19(24)29)25(17)32-26(31-23)30-20-7-2-3-8-21(20)34/h4-6,9-13,20-21,34H,2-3,7-8H2,1H3,(H,30,31,32)/t20-,21-/m0/s1. The van der Waals surface area contributed by atoms with E-state index >= 15 is 0 Å². The predicted octanol–water partition coefficient (Wildman–Crippen LogP) is 4.89. The van der Waals surface area contributed by atoms with E-state index in [2.05, 4.69) is 15.3 Å². The second kappa shape index (κ2) is 9.14. The van der Waals surface area contributed by atoms with Gasteiger partial charge in [-0.3, -0.25) is 9.36 Å². The highest BCUT2D eigenvalue weighted by atomic mass is 19.1. The van der Waals surface area contributed by atoms with Gasteiger partial charge in [0.25, 0.3) is 5.56 Å². The third-order valence-electron chi connectivity index (χ3n) is 6.40. The van der Waals surface area contributed by atoms with Crippen molar-refractivity contribution >= 4 is 17.0 Å². The minimum absolute atomic E-state index is 0.0111. The molecule has 2 atom stereocenters. The van der Waals surface area contributed by atoms with E-state index in [1.807, 2.05) is 0 Å². The molecular weight excluding hydrogens is 457 g/mol. The van der Waals surface area contributed by atoms with Gasteiger partial charge in [-0.1, -0.05) is 18.9 Å². The van der Waals surface area contributed by atoms with Gasteiger partial charge in [-0.25, -0.2) is 18.2 Å². The minimum atomic E-state index is -0.921. The van der Waals surface area contributed by atoms with Crippen LogP contribution in [0.3, 0.4) is 0 Å². The Balaban J connectivity index is 1.81. The Morgan fingerprint density at radius 3 is 2.46 bits per heavy atom. The summed E-state index contributed by atoms with van der Waals surface area (Å²) in [4.78, 5) is 22.0. The predicted molar refractivity (Wildman–Crippen MR) is 127 cm³/mol. The second-order valence-corrected chi connectivity index (χ2v) is 8.77. The van der Waals surface area contributed by atoms with Crippen molar-refractivity contribution < 1.29 is 18.3 Å². The first kappa shape index (κ1) is 23.0. The first-order valence-corrected chi connectivity index (χ1v) is 11.4. The highest BCUT2D eigenvalue weighted by Crippen LogP contribution is 2.32. The first-order valence-electron chi connectivity index (χ1n) is 11.4. The zero-order valence-corrected chi connectivity index (χ0v) is 18.9. The summed E-state index contributed by atoms with van der Waals surface area (Å²) in [6, 6.07) is 9.91. The summed E-state index contributed by atoms with van der Waals surface area (Å²) in [5, 5.41) is 13.9. The van der Waals surface area contributed by atoms with Crippen LogP contribution in [0.1, 0.15) is 31.2 Å². The van der Waals surface area contributed by atoms with Gasteiger partial charge in [-0.15, -0.1) is 0 Å². The van der Waals surface area contributed by atoms with Crippen LogP contribution in [0.4, 0.5) is 19.1 Å². The lowest BCUT2D eigenvalue weighted by Gasteiger charge is -2.28. The second-order valence-electron chi connectivity index (χ2n) is 8.77. The zero-order chi connectivity index (χ0) is 24.7. The molecule has 1 saturated carbocycles. The molecule has 0 saturated heterocycles. The van der Waals surface area contributed by atoms with Crippen molar-refractivity contribution in [2.75, 3.05) is 5.32 Å². The van der Waals surface area contributed by atoms with Gasteiger partial charge < -0.3 is 10.4 Å². The molecule has 0 aliphatic heterocycles. The van der Waals surface area contributed by atoms with Crippen LogP contribution < -0.4 is 10.9 Å². The van der Waals surface area contributed by atoms with Gasteiger partial charge in [-0.05, 0) is 61.7 Å². The highest BCUT2D eigenvalue weighted by molar-refractivity contribution is 5.93. The van der Waals surface area contributed by atoms with Crippen LogP contribution in [0, 0.1) is 24.4 Å². The number of hydrogen-bond donors (Lipinski definition) is 2. The molecule has 1 fully saturated rings. The average molecular weight is 480 g/mol. The van der Waals surface area contributed by atoms with E-state index in [0.717, 1.165) is 29.5 Å². The lowest BCUT2D eigenvalue weighted by Crippen LogP contribution is -2.37. The lowest BCUT2D eigenvalue weighted by molar-refractivity contribution is 0.116. The Morgan fingerprint density at radius 1 is 1.00 bits per heavy atom. The molecule has 2 heterocycles. The summed E-state index contributed by atoms with van der Waals surface area (Å²) in [5.41, 5.74) is 0.292.